The summed E-state index contributed by atoms with van der Waals surface area (Å²) in [6.45, 7) is 3.89. The van der Waals surface area contributed by atoms with Crippen LogP contribution >= 0.6 is 0 Å². The van der Waals surface area contributed by atoms with Gasteiger partial charge in [-0.1, -0.05) is 19.0 Å². The second-order valence-electron chi connectivity index (χ2n) is 5.08. The van der Waals surface area contributed by atoms with Gasteiger partial charge in [0, 0.05) is 12.0 Å². The van der Waals surface area contributed by atoms with Crippen LogP contribution < -0.4 is 4.74 Å². The third-order valence-corrected chi connectivity index (χ3v) is 3.00. The number of nitrogens with zero attached hydrogens (tertiary/aromatic N) is 1. The first-order chi connectivity index (χ1) is 9.93. The number of carboxylic acids is 1. The standard InChI is InChI=1S/C15H16FNO4/c1-8(2)6-12-13(15(18)19)14(17-21-12)9-4-5-11(20-3)10(16)7-9/h4-5,7-8H,6H2,1-3H3,(H,18,19). The molecule has 0 aliphatic carbocycles. The molecule has 0 radical (unpaired) electrons. The Morgan fingerprint density at radius 2 is 2.19 bits per heavy atom. The van der Waals surface area contributed by atoms with Crippen molar-refractivity contribution in [2.24, 2.45) is 5.92 Å². The number of aromatic carboxylic acids is 1. The van der Waals surface area contributed by atoms with Gasteiger partial charge < -0.3 is 14.4 Å². The summed E-state index contributed by atoms with van der Waals surface area (Å²) in [5.41, 5.74) is 0.442. The van der Waals surface area contributed by atoms with Gasteiger partial charge in [-0.3, -0.25) is 0 Å². The van der Waals surface area contributed by atoms with E-state index in [0.29, 0.717) is 17.7 Å². The highest BCUT2D eigenvalue weighted by molar-refractivity contribution is 5.95. The van der Waals surface area contributed by atoms with E-state index in [1.54, 1.807) is 6.07 Å². The summed E-state index contributed by atoms with van der Waals surface area (Å²) >= 11 is 0. The van der Waals surface area contributed by atoms with Crippen LogP contribution in [0.4, 0.5) is 4.39 Å². The molecule has 0 spiro atoms. The van der Waals surface area contributed by atoms with E-state index in [1.807, 2.05) is 13.8 Å². The average Bonchev–Trinajstić information content (AvgIpc) is 2.81. The Bertz CT molecular complexity index is 664. The number of aromatic nitrogens is 1. The highest BCUT2D eigenvalue weighted by Crippen LogP contribution is 2.30. The SMILES string of the molecule is COc1ccc(-c2noc(CC(C)C)c2C(=O)O)cc1F. The number of benzene rings is 1. The van der Waals surface area contributed by atoms with Crippen molar-refractivity contribution in [1.82, 2.24) is 5.16 Å². The van der Waals surface area contributed by atoms with Crippen LogP contribution in [0.15, 0.2) is 22.7 Å². The van der Waals surface area contributed by atoms with E-state index < -0.39 is 11.8 Å². The second-order valence-corrected chi connectivity index (χ2v) is 5.08. The summed E-state index contributed by atoms with van der Waals surface area (Å²) in [6, 6.07) is 4.15. The van der Waals surface area contributed by atoms with E-state index >= 15 is 0 Å². The predicted molar refractivity (Wildman–Crippen MR) is 74.0 cm³/mol. The Kier molecular flexibility index (Phi) is 4.26. The summed E-state index contributed by atoms with van der Waals surface area (Å²) in [7, 11) is 1.36. The van der Waals surface area contributed by atoms with Crippen LogP contribution in [0, 0.1) is 11.7 Å². The molecule has 0 atom stereocenters. The molecule has 0 aliphatic heterocycles. The third-order valence-electron chi connectivity index (χ3n) is 3.00. The highest BCUT2D eigenvalue weighted by atomic mass is 19.1. The Morgan fingerprint density at radius 1 is 1.48 bits per heavy atom. The number of methoxy groups -OCH3 is 1. The molecule has 1 N–H and O–H groups in total. The molecular weight excluding hydrogens is 277 g/mol. The molecule has 0 fully saturated rings. The van der Waals surface area contributed by atoms with Gasteiger partial charge in [0.05, 0.1) is 7.11 Å². The Hall–Kier alpha value is -2.37. The van der Waals surface area contributed by atoms with Crippen molar-refractivity contribution in [3.05, 3.63) is 35.3 Å². The van der Waals surface area contributed by atoms with Crippen molar-refractivity contribution in [2.75, 3.05) is 7.11 Å². The molecule has 0 amide bonds. The molecule has 2 aromatic rings. The molecule has 0 saturated carbocycles. The summed E-state index contributed by atoms with van der Waals surface area (Å²) in [4.78, 5) is 11.4. The van der Waals surface area contributed by atoms with Gasteiger partial charge in [-0.2, -0.15) is 0 Å². The molecule has 0 unspecified atom stereocenters. The minimum absolute atomic E-state index is 0.0201. The minimum Gasteiger partial charge on any atom is -0.494 e. The molecule has 21 heavy (non-hydrogen) atoms. The van der Waals surface area contributed by atoms with Crippen LogP contribution in [0.1, 0.15) is 30.0 Å². The number of hydrogen-bond donors (Lipinski definition) is 1. The smallest absolute Gasteiger partial charge is 0.341 e. The monoisotopic (exact) mass is 293 g/mol. The molecule has 1 aromatic heterocycles. The molecule has 6 heteroatoms. The second kappa shape index (κ2) is 5.95. The highest BCUT2D eigenvalue weighted by Gasteiger charge is 2.24. The molecule has 0 aliphatic rings. The van der Waals surface area contributed by atoms with E-state index in [1.165, 1.54) is 19.2 Å². The minimum atomic E-state index is -1.14. The van der Waals surface area contributed by atoms with Crippen molar-refractivity contribution in [1.29, 1.82) is 0 Å². The van der Waals surface area contributed by atoms with E-state index in [0.717, 1.165) is 0 Å². The molecule has 0 bridgehead atoms. The number of halogens is 1. The maximum absolute atomic E-state index is 13.8. The van der Waals surface area contributed by atoms with E-state index in [-0.39, 0.29) is 22.9 Å². The lowest BCUT2D eigenvalue weighted by Gasteiger charge is -2.04. The first kappa shape index (κ1) is 15.0. The fourth-order valence-corrected chi connectivity index (χ4v) is 2.07. The van der Waals surface area contributed by atoms with Crippen LogP contribution in [0.3, 0.4) is 0 Å². The Balaban J connectivity index is 2.51. The van der Waals surface area contributed by atoms with Gasteiger partial charge in [0.2, 0.25) is 0 Å². The largest absolute Gasteiger partial charge is 0.494 e. The predicted octanol–water partition coefficient (Wildman–Crippen LogP) is 3.39. The molecule has 1 heterocycles. The van der Waals surface area contributed by atoms with Crippen molar-refractivity contribution in [3.63, 3.8) is 0 Å². The van der Waals surface area contributed by atoms with Gasteiger partial charge in [0.25, 0.3) is 0 Å². The maximum Gasteiger partial charge on any atom is 0.341 e. The number of ether oxygens (including phenoxy) is 1. The van der Waals surface area contributed by atoms with Crippen LogP contribution in [0.2, 0.25) is 0 Å². The van der Waals surface area contributed by atoms with Crippen LogP contribution in [-0.4, -0.2) is 23.3 Å². The third kappa shape index (κ3) is 3.04. The summed E-state index contributed by atoms with van der Waals surface area (Å²) in [5, 5.41) is 13.2. The van der Waals surface area contributed by atoms with Gasteiger partial charge in [-0.05, 0) is 24.1 Å². The molecule has 1 aromatic carbocycles. The van der Waals surface area contributed by atoms with Gasteiger partial charge in [-0.25, -0.2) is 9.18 Å². The van der Waals surface area contributed by atoms with E-state index in [2.05, 4.69) is 5.16 Å². The number of hydrogen-bond acceptors (Lipinski definition) is 4. The zero-order chi connectivity index (χ0) is 15.6. The normalized spacial score (nSPS) is 10.9. The summed E-state index contributed by atoms with van der Waals surface area (Å²) in [6.07, 6.45) is 0.452. The van der Waals surface area contributed by atoms with Gasteiger partial charge in [0.15, 0.2) is 17.3 Å². The lowest BCUT2D eigenvalue weighted by molar-refractivity contribution is 0.0695. The zero-order valence-corrected chi connectivity index (χ0v) is 12.0. The number of rotatable bonds is 5. The number of carbonyl (C=O) groups is 1. The van der Waals surface area contributed by atoms with Crippen molar-refractivity contribution < 1.29 is 23.6 Å². The fraction of sp³-hybridized carbons (Fsp3) is 0.333. The molecule has 112 valence electrons. The maximum atomic E-state index is 13.8. The Morgan fingerprint density at radius 3 is 2.71 bits per heavy atom. The van der Waals surface area contributed by atoms with Gasteiger partial charge >= 0.3 is 5.97 Å². The van der Waals surface area contributed by atoms with Gasteiger partial charge in [0.1, 0.15) is 11.3 Å². The van der Waals surface area contributed by atoms with Crippen LogP contribution in [-0.2, 0) is 6.42 Å². The number of carboxylic acid groups (broad SMARTS) is 1. The molecular formula is C15H16FNO4. The molecule has 0 saturated heterocycles. The summed E-state index contributed by atoms with van der Waals surface area (Å²) < 4.78 is 23.7. The average molecular weight is 293 g/mol. The quantitative estimate of drug-likeness (QED) is 0.914. The lowest BCUT2D eigenvalue weighted by atomic mass is 10.0. The van der Waals surface area contributed by atoms with E-state index in [4.69, 9.17) is 9.26 Å². The first-order valence-corrected chi connectivity index (χ1v) is 6.49. The first-order valence-electron chi connectivity index (χ1n) is 6.49. The van der Waals surface area contributed by atoms with Crippen molar-refractivity contribution in [2.45, 2.75) is 20.3 Å². The molecule has 2 rings (SSSR count). The van der Waals surface area contributed by atoms with Crippen molar-refractivity contribution >= 4 is 5.97 Å². The van der Waals surface area contributed by atoms with Crippen LogP contribution in [0.5, 0.6) is 5.75 Å². The fourth-order valence-electron chi connectivity index (χ4n) is 2.07. The topological polar surface area (TPSA) is 72.6 Å². The lowest BCUT2D eigenvalue weighted by Crippen LogP contribution is -2.04. The zero-order valence-electron chi connectivity index (χ0n) is 12.0. The molecule has 5 nitrogen and oxygen atoms in total. The van der Waals surface area contributed by atoms with Gasteiger partial charge in [-0.15, -0.1) is 0 Å². The van der Waals surface area contributed by atoms with E-state index in [9.17, 15) is 14.3 Å². The Labute approximate surface area is 121 Å². The van der Waals surface area contributed by atoms with Crippen LogP contribution in [0.25, 0.3) is 11.3 Å². The summed E-state index contributed by atoms with van der Waals surface area (Å²) in [5.74, 6) is -1.13. The van der Waals surface area contributed by atoms with Crippen molar-refractivity contribution in [3.8, 4) is 17.0 Å².